The van der Waals surface area contributed by atoms with E-state index in [0.717, 1.165) is 36.1 Å². The summed E-state index contributed by atoms with van der Waals surface area (Å²) >= 11 is 1.63. The summed E-state index contributed by atoms with van der Waals surface area (Å²) in [7, 11) is 0. The predicted octanol–water partition coefficient (Wildman–Crippen LogP) is 3.17. The van der Waals surface area contributed by atoms with Crippen LogP contribution in [0.2, 0.25) is 0 Å². The summed E-state index contributed by atoms with van der Waals surface area (Å²) in [6, 6.07) is 3.88. The van der Waals surface area contributed by atoms with Gasteiger partial charge in [-0.2, -0.15) is 0 Å². The third-order valence-electron chi connectivity index (χ3n) is 2.88. The van der Waals surface area contributed by atoms with Crippen molar-refractivity contribution in [3.8, 4) is 0 Å². The minimum Gasteiger partial charge on any atom is -0.381 e. The lowest BCUT2D eigenvalue weighted by molar-refractivity contribution is 0.0936. The number of carbonyl (C=O) groups excluding carboxylic acids is 1. The number of thiophene rings is 1. The SMILES string of the molecule is CCCCOCCCNC(=O)c1cc2sccc2[nH]1. The molecule has 0 aliphatic rings. The summed E-state index contributed by atoms with van der Waals surface area (Å²) in [5, 5.41) is 4.91. The Morgan fingerprint density at radius 3 is 3.05 bits per heavy atom. The molecule has 0 aliphatic heterocycles. The van der Waals surface area contributed by atoms with Crippen molar-refractivity contribution in [3.05, 3.63) is 23.2 Å². The van der Waals surface area contributed by atoms with Crippen LogP contribution in [-0.2, 0) is 4.74 Å². The van der Waals surface area contributed by atoms with Crippen LogP contribution in [0.1, 0.15) is 36.7 Å². The van der Waals surface area contributed by atoms with E-state index in [-0.39, 0.29) is 5.91 Å². The van der Waals surface area contributed by atoms with E-state index in [4.69, 9.17) is 4.74 Å². The maximum atomic E-state index is 11.9. The smallest absolute Gasteiger partial charge is 0.267 e. The number of fused-ring (bicyclic) bond motifs is 1. The first kappa shape index (κ1) is 14.1. The highest BCUT2D eigenvalue weighted by Gasteiger charge is 2.09. The molecule has 2 aromatic rings. The standard InChI is InChI=1S/C14H20N2O2S/c1-2-3-7-18-8-4-6-15-14(17)12-10-13-11(16-12)5-9-19-13/h5,9-10,16H,2-4,6-8H2,1H3,(H,15,17). The van der Waals surface area contributed by atoms with Crippen LogP contribution in [0, 0.1) is 0 Å². The third-order valence-corrected chi connectivity index (χ3v) is 3.74. The number of nitrogens with one attached hydrogen (secondary N) is 2. The third kappa shape index (κ3) is 4.08. The maximum Gasteiger partial charge on any atom is 0.267 e. The highest BCUT2D eigenvalue weighted by atomic mass is 32.1. The summed E-state index contributed by atoms with van der Waals surface area (Å²) in [5.74, 6) is -0.0445. The Hall–Kier alpha value is -1.33. The van der Waals surface area contributed by atoms with Gasteiger partial charge in [0.2, 0.25) is 0 Å². The normalized spacial score (nSPS) is 11.0. The van der Waals surface area contributed by atoms with Gasteiger partial charge in [-0.05, 0) is 30.4 Å². The first-order chi connectivity index (χ1) is 9.31. The quantitative estimate of drug-likeness (QED) is 0.730. The van der Waals surface area contributed by atoms with Gasteiger partial charge in [-0.1, -0.05) is 13.3 Å². The van der Waals surface area contributed by atoms with Gasteiger partial charge in [0.1, 0.15) is 5.69 Å². The molecule has 0 atom stereocenters. The number of amides is 1. The minimum atomic E-state index is -0.0445. The summed E-state index contributed by atoms with van der Waals surface area (Å²) in [5.41, 5.74) is 1.66. The second kappa shape index (κ2) is 7.31. The topological polar surface area (TPSA) is 54.1 Å². The fourth-order valence-corrected chi connectivity index (χ4v) is 2.57. The molecule has 0 bridgehead atoms. The summed E-state index contributed by atoms with van der Waals surface area (Å²) in [4.78, 5) is 15.0. The Kier molecular flexibility index (Phi) is 5.42. The fraction of sp³-hybridized carbons (Fsp3) is 0.500. The Labute approximate surface area is 117 Å². The van der Waals surface area contributed by atoms with Gasteiger partial charge in [0.15, 0.2) is 0 Å². The van der Waals surface area contributed by atoms with E-state index in [1.54, 1.807) is 11.3 Å². The van der Waals surface area contributed by atoms with Crippen molar-refractivity contribution in [1.82, 2.24) is 10.3 Å². The second-order valence-electron chi connectivity index (χ2n) is 4.46. The number of rotatable bonds is 8. The van der Waals surface area contributed by atoms with Crippen LogP contribution in [0.25, 0.3) is 10.2 Å². The van der Waals surface area contributed by atoms with Crippen molar-refractivity contribution < 1.29 is 9.53 Å². The molecule has 5 heteroatoms. The summed E-state index contributed by atoms with van der Waals surface area (Å²) in [6.45, 7) is 4.32. The lowest BCUT2D eigenvalue weighted by Gasteiger charge is -2.04. The molecule has 2 aromatic heterocycles. The van der Waals surface area contributed by atoms with Gasteiger partial charge in [-0.25, -0.2) is 0 Å². The zero-order valence-electron chi connectivity index (χ0n) is 11.2. The lowest BCUT2D eigenvalue weighted by atomic mass is 10.3. The minimum absolute atomic E-state index is 0.0445. The van der Waals surface area contributed by atoms with Crippen LogP contribution in [0.4, 0.5) is 0 Å². The van der Waals surface area contributed by atoms with Crippen molar-refractivity contribution in [2.75, 3.05) is 19.8 Å². The van der Waals surface area contributed by atoms with Crippen molar-refractivity contribution in [2.45, 2.75) is 26.2 Å². The molecule has 0 unspecified atom stereocenters. The number of unbranched alkanes of at least 4 members (excludes halogenated alkanes) is 1. The van der Waals surface area contributed by atoms with Gasteiger partial charge in [0.05, 0.1) is 10.2 Å². The van der Waals surface area contributed by atoms with Gasteiger partial charge in [-0.15, -0.1) is 11.3 Å². The molecular weight excluding hydrogens is 260 g/mol. The molecule has 0 aromatic carbocycles. The van der Waals surface area contributed by atoms with Gasteiger partial charge in [0, 0.05) is 19.8 Å². The van der Waals surface area contributed by atoms with Crippen molar-refractivity contribution in [3.63, 3.8) is 0 Å². The maximum absolute atomic E-state index is 11.9. The summed E-state index contributed by atoms with van der Waals surface area (Å²) in [6.07, 6.45) is 3.11. The molecule has 0 fully saturated rings. The molecule has 19 heavy (non-hydrogen) atoms. The van der Waals surface area contributed by atoms with E-state index in [1.165, 1.54) is 0 Å². The molecular formula is C14H20N2O2S. The van der Waals surface area contributed by atoms with E-state index in [1.807, 2.05) is 17.5 Å². The summed E-state index contributed by atoms with van der Waals surface area (Å²) < 4.78 is 6.56. The van der Waals surface area contributed by atoms with E-state index in [0.29, 0.717) is 18.8 Å². The molecule has 0 saturated heterocycles. The van der Waals surface area contributed by atoms with Crippen LogP contribution in [0.3, 0.4) is 0 Å². The second-order valence-corrected chi connectivity index (χ2v) is 5.40. The Balaban J connectivity index is 1.66. The monoisotopic (exact) mass is 280 g/mol. The fourth-order valence-electron chi connectivity index (χ4n) is 1.79. The first-order valence-corrected chi connectivity index (χ1v) is 7.61. The number of H-pyrrole nitrogens is 1. The largest absolute Gasteiger partial charge is 0.381 e. The Morgan fingerprint density at radius 1 is 1.42 bits per heavy atom. The zero-order valence-corrected chi connectivity index (χ0v) is 12.0. The van der Waals surface area contributed by atoms with Crippen LogP contribution in [-0.4, -0.2) is 30.6 Å². The van der Waals surface area contributed by atoms with Gasteiger partial charge >= 0.3 is 0 Å². The van der Waals surface area contributed by atoms with Gasteiger partial charge in [-0.3, -0.25) is 4.79 Å². The molecule has 104 valence electrons. The number of ether oxygens (including phenoxy) is 1. The van der Waals surface area contributed by atoms with E-state index in [9.17, 15) is 4.79 Å². The number of carbonyl (C=O) groups is 1. The average Bonchev–Trinajstić information content (AvgIpc) is 2.98. The van der Waals surface area contributed by atoms with Crippen LogP contribution in [0.5, 0.6) is 0 Å². The highest BCUT2D eigenvalue weighted by Crippen LogP contribution is 2.20. The van der Waals surface area contributed by atoms with Crippen LogP contribution in [0.15, 0.2) is 17.5 Å². The Bertz CT molecular complexity index is 490. The van der Waals surface area contributed by atoms with Crippen molar-refractivity contribution in [2.24, 2.45) is 0 Å². The molecule has 0 spiro atoms. The van der Waals surface area contributed by atoms with E-state index >= 15 is 0 Å². The van der Waals surface area contributed by atoms with E-state index in [2.05, 4.69) is 17.2 Å². The predicted molar refractivity (Wildman–Crippen MR) is 78.9 cm³/mol. The number of aromatic amines is 1. The van der Waals surface area contributed by atoms with Crippen molar-refractivity contribution >= 4 is 27.5 Å². The van der Waals surface area contributed by atoms with Gasteiger partial charge < -0.3 is 15.0 Å². The highest BCUT2D eigenvalue weighted by molar-refractivity contribution is 7.17. The zero-order chi connectivity index (χ0) is 13.5. The molecule has 0 saturated carbocycles. The number of hydrogen-bond donors (Lipinski definition) is 2. The van der Waals surface area contributed by atoms with E-state index < -0.39 is 0 Å². The number of hydrogen-bond acceptors (Lipinski definition) is 3. The van der Waals surface area contributed by atoms with Crippen LogP contribution >= 0.6 is 11.3 Å². The average molecular weight is 280 g/mol. The van der Waals surface area contributed by atoms with Crippen molar-refractivity contribution in [1.29, 1.82) is 0 Å². The van der Waals surface area contributed by atoms with Gasteiger partial charge in [0.25, 0.3) is 5.91 Å². The Morgan fingerprint density at radius 2 is 2.26 bits per heavy atom. The molecule has 0 aliphatic carbocycles. The van der Waals surface area contributed by atoms with Crippen LogP contribution < -0.4 is 5.32 Å². The molecule has 2 rings (SSSR count). The molecule has 0 radical (unpaired) electrons. The molecule has 2 heterocycles. The first-order valence-electron chi connectivity index (χ1n) is 6.73. The molecule has 2 N–H and O–H groups in total. The number of aromatic nitrogens is 1. The lowest BCUT2D eigenvalue weighted by Crippen LogP contribution is -2.25. The molecule has 4 nitrogen and oxygen atoms in total. The molecule has 1 amide bonds.